The molecule has 1 aliphatic carbocycles. The summed E-state index contributed by atoms with van der Waals surface area (Å²) in [5, 5.41) is 16.7. The van der Waals surface area contributed by atoms with E-state index in [9.17, 15) is 0 Å². The Kier molecular flexibility index (Phi) is 4.81. The Morgan fingerprint density at radius 3 is 2.63 bits per heavy atom. The molecule has 2 heterocycles. The largest absolute Gasteiger partial charge is 0.486 e. The Bertz CT molecular complexity index is 1040. The minimum atomic E-state index is -0.322. The third-order valence-electron chi connectivity index (χ3n) is 6.20. The van der Waals surface area contributed by atoms with Gasteiger partial charge in [0.25, 0.3) is 0 Å². The number of hydrogen-bond donors (Lipinski definition) is 1. The second kappa shape index (κ2) is 7.63. The number of anilines is 1. The van der Waals surface area contributed by atoms with Gasteiger partial charge in [0.15, 0.2) is 17.3 Å². The van der Waals surface area contributed by atoms with Gasteiger partial charge in [-0.2, -0.15) is 4.68 Å². The van der Waals surface area contributed by atoms with Crippen LogP contribution in [0.1, 0.15) is 44.0 Å². The van der Waals surface area contributed by atoms with Crippen LogP contribution in [0, 0.1) is 12.8 Å². The number of rotatable bonds is 4. The van der Waals surface area contributed by atoms with E-state index >= 15 is 0 Å². The summed E-state index contributed by atoms with van der Waals surface area (Å²) in [5.74, 6) is 3.04. The molecule has 1 saturated carbocycles. The number of aryl methyl sites for hydroxylation is 1. The van der Waals surface area contributed by atoms with E-state index in [1.54, 1.807) is 0 Å². The molecule has 7 heteroatoms. The number of tetrazole rings is 1. The summed E-state index contributed by atoms with van der Waals surface area (Å²) < 4.78 is 13.3. The zero-order valence-electron chi connectivity index (χ0n) is 17.5. The monoisotopic (exact) mass is 405 g/mol. The molecular formula is C23H27N5O2. The second-order valence-electron chi connectivity index (χ2n) is 8.50. The van der Waals surface area contributed by atoms with Crippen molar-refractivity contribution in [1.82, 2.24) is 20.2 Å². The summed E-state index contributed by atoms with van der Waals surface area (Å²) in [4.78, 5) is 0. The first-order chi connectivity index (χ1) is 14.6. The van der Waals surface area contributed by atoms with E-state index in [4.69, 9.17) is 9.47 Å². The maximum Gasteiger partial charge on any atom is 0.181 e. The summed E-state index contributed by atoms with van der Waals surface area (Å²) in [6.07, 6.45) is 4.22. The fourth-order valence-corrected chi connectivity index (χ4v) is 4.48. The van der Waals surface area contributed by atoms with Crippen LogP contribution >= 0.6 is 0 Å². The lowest BCUT2D eigenvalue weighted by atomic mass is 9.76. The minimum Gasteiger partial charge on any atom is -0.486 e. The van der Waals surface area contributed by atoms with E-state index in [-0.39, 0.29) is 5.54 Å². The second-order valence-corrected chi connectivity index (χ2v) is 8.50. The number of benzene rings is 2. The van der Waals surface area contributed by atoms with Crippen molar-refractivity contribution in [2.45, 2.75) is 45.1 Å². The van der Waals surface area contributed by atoms with Gasteiger partial charge in [-0.25, -0.2) is 0 Å². The molecule has 1 N–H and O–H groups in total. The molecular weight excluding hydrogens is 378 g/mol. The molecule has 3 aromatic rings. The maximum absolute atomic E-state index is 5.77. The first-order valence-corrected chi connectivity index (χ1v) is 10.7. The van der Waals surface area contributed by atoms with Gasteiger partial charge in [0.1, 0.15) is 13.2 Å². The van der Waals surface area contributed by atoms with Crippen LogP contribution in [0.3, 0.4) is 0 Å². The number of hydrogen-bond acceptors (Lipinski definition) is 6. The first kappa shape index (κ1) is 18.9. The van der Waals surface area contributed by atoms with Gasteiger partial charge >= 0.3 is 0 Å². The van der Waals surface area contributed by atoms with Crippen molar-refractivity contribution >= 4 is 5.69 Å². The average molecular weight is 406 g/mol. The lowest BCUT2D eigenvalue weighted by molar-refractivity contribution is 0.171. The van der Waals surface area contributed by atoms with Crippen molar-refractivity contribution in [3.63, 3.8) is 0 Å². The van der Waals surface area contributed by atoms with E-state index in [1.165, 1.54) is 5.56 Å². The molecule has 0 saturated heterocycles. The van der Waals surface area contributed by atoms with Gasteiger partial charge in [-0.15, -0.1) is 5.10 Å². The van der Waals surface area contributed by atoms with Crippen molar-refractivity contribution in [2.24, 2.45) is 5.92 Å². The van der Waals surface area contributed by atoms with E-state index in [0.29, 0.717) is 19.1 Å². The Hall–Kier alpha value is -3.09. The predicted molar refractivity (Wildman–Crippen MR) is 114 cm³/mol. The molecule has 1 aromatic heterocycles. The molecule has 2 aromatic carbocycles. The maximum atomic E-state index is 5.77. The average Bonchev–Trinajstić information content (AvgIpc) is 3.26. The van der Waals surface area contributed by atoms with E-state index in [1.807, 2.05) is 22.9 Å². The summed E-state index contributed by atoms with van der Waals surface area (Å²) in [7, 11) is 0. The standard InChI is InChI=1S/C23H27N5O2/c1-16-8-10-23(11-9-16,24-18-5-3-4-17(2)14-18)22-25-26-27-28(22)19-6-7-20-21(15-19)30-13-12-29-20/h3-7,14-16,24H,8-13H2,1-2H3. The van der Waals surface area contributed by atoms with Crippen LogP contribution in [0.25, 0.3) is 5.69 Å². The molecule has 0 radical (unpaired) electrons. The van der Waals surface area contributed by atoms with E-state index < -0.39 is 0 Å². The van der Waals surface area contributed by atoms with Gasteiger partial charge in [-0.3, -0.25) is 0 Å². The Morgan fingerprint density at radius 2 is 1.83 bits per heavy atom. The first-order valence-electron chi connectivity index (χ1n) is 10.7. The van der Waals surface area contributed by atoms with Crippen LogP contribution in [0.2, 0.25) is 0 Å². The van der Waals surface area contributed by atoms with Crippen molar-refractivity contribution in [3.8, 4) is 17.2 Å². The number of aromatic nitrogens is 4. The Balaban J connectivity index is 1.55. The van der Waals surface area contributed by atoms with Crippen LogP contribution in [-0.4, -0.2) is 33.4 Å². The molecule has 1 fully saturated rings. The van der Waals surface area contributed by atoms with Crippen molar-refractivity contribution in [2.75, 3.05) is 18.5 Å². The SMILES string of the molecule is Cc1cccc(NC2(c3nnnn3-c3ccc4c(c3)OCCO4)CCC(C)CC2)c1. The molecule has 5 rings (SSSR count). The van der Waals surface area contributed by atoms with Crippen LogP contribution < -0.4 is 14.8 Å². The number of ether oxygens (including phenoxy) is 2. The fraction of sp³-hybridized carbons (Fsp3) is 0.435. The molecule has 7 nitrogen and oxygen atoms in total. The van der Waals surface area contributed by atoms with Gasteiger partial charge in [-0.1, -0.05) is 19.1 Å². The topological polar surface area (TPSA) is 74.1 Å². The fourth-order valence-electron chi connectivity index (χ4n) is 4.48. The molecule has 30 heavy (non-hydrogen) atoms. The normalized spacial score (nSPS) is 23.2. The molecule has 0 atom stereocenters. The number of fused-ring (bicyclic) bond motifs is 1. The molecule has 0 amide bonds. The molecule has 0 spiro atoms. The Labute approximate surface area is 176 Å². The van der Waals surface area contributed by atoms with E-state index in [2.05, 4.69) is 59.0 Å². The smallest absolute Gasteiger partial charge is 0.181 e. The Morgan fingerprint density at radius 1 is 1.03 bits per heavy atom. The summed E-state index contributed by atoms with van der Waals surface area (Å²) in [6, 6.07) is 14.4. The van der Waals surface area contributed by atoms with Crippen molar-refractivity contribution in [3.05, 3.63) is 53.9 Å². The molecule has 0 bridgehead atoms. The number of nitrogens with zero attached hydrogens (tertiary/aromatic N) is 4. The highest BCUT2D eigenvalue weighted by atomic mass is 16.6. The van der Waals surface area contributed by atoms with Crippen LogP contribution in [-0.2, 0) is 5.54 Å². The highest BCUT2D eigenvalue weighted by Gasteiger charge is 2.41. The number of nitrogens with one attached hydrogen (secondary N) is 1. The van der Waals surface area contributed by atoms with Gasteiger partial charge in [-0.05, 0) is 78.8 Å². The highest BCUT2D eigenvalue weighted by Crippen LogP contribution is 2.42. The minimum absolute atomic E-state index is 0.322. The van der Waals surface area contributed by atoms with Gasteiger partial charge in [0.05, 0.1) is 11.2 Å². The zero-order valence-corrected chi connectivity index (χ0v) is 17.5. The molecule has 0 unspecified atom stereocenters. The van der Waals surface area contributed by atoms with Gasteiger partial charge < -0.3 is 14.8 Å². The summed E-state index contributed by atoms with van der Waals surface area (Å²) in [5.41, 5.74) is 2.88. The lowest BCUT2D eigenvalue weighted by Gasteiger charge is -2.39. The highest BCUT2D eigenvalue weighted by molar-refractivity contribution is 5.51. The van der Waals surface area contributed by atoms with Crippen molar-refractivity contribution in [1.29, 1.82) is 0 Å². The quantitative estimate of drug-likeness (QED) is 0.699. The third-order valence-corrected chi connectivity index (χ3v) is 6.20. The summed E-state index contributed by atoms with van der Waals surface area (Å²) in [6.45, 7) is 5.56. The lowest BCUT2D eigenvalue weighted by Crippen LogP contribution is -2.41. The van der Waals surface area contributed by atoms with Crippen LogP contribution in [0.15, 0.2) is 42.5 Å². The van der Waals surface area contributed by atoms with E-state index in [0.717, 1.165) is 54.4 Å². The van der Waals surface area contributed by atoms with Crippen LogP contribution in [0.4, 0.5) is 5.69 Å². The summed E-state index contributed by atoms with van der Waals surface area (Å²) >= 11 is 0. The van der Waals surface area contributed by atoms with Gasteiger partial charge in [0.2, 0.25) is 0 Å². The van der Waals surface area contributed by atoms with Crippen molar-refractivity contribution < 1.29 is 9.47 Å². The van der Waals surface area contributed by atoms with Crippen LogP contribution in [0.5, 0.6) is 11.5 Å². The predicted octanol–water partition coefficient (Wildman–Crippen LogP) is 4.26. The molecule has 156 valence electrons. The molecule has 2 aliphatic rings. The third kappa shape index (κ3) is 3.49. The molecule has 1 aliphatic heterocycles. The van der Waals surface area contributed by atoms with Gasteiger partial charge in [0, 0.05) is 11.8 Å². The zero-order chi connectivity index (χ0) is 20.6.